The number of benzene rings is 1. The molecule has 2 rings (SSSR count). The molecule has 3 heteroatoms. The Hall–Kier alpha value is -0.730. The van der Waals surface area contributed by atoms with Crippen molar-refractivity contribution < 1.29 is 5.11 Å². The molecule has 0 saturated heterocycles. The lowest BCUT2D eigenvalue weighted by molar-refractivity contribution is 0.282. The highest BCUT2D eigenvalue weighted by atomic mass is 35.5. The predicted octanol–water partition coefficient (Wildman–Crippen LogP) is 2.82. The van der Waals surface area contributed by atoms with Crippen LogP contribution in [0.5, 0.6) is 0 Å². The molecule has 1 aromatic rings. The first-order chi connectivity index (χ1) is 7.26. The largest absolute Gasteiger partial charge is 0.392 e. The number of rotatable bonds is 4. The maximum atomic E-state index is 9.30. The fraction of sp³-hybridized carbons (Fsp3) is 0.500. The maximum Gasteiger partial charge on any atom is 0.0702 e. The molecule has 1 aromatic carbocycles. The second kappa shape index (κ2) is 4.42. The van der Waals surface area contributed by atoms with Gasteiger partial charge in [-0.25, -0.2) is 0 Å². The van der Waals surface area contributed by atoms with Gasteiger partial charge in [0.15, 0.2) is 0 Å². The van der Waals surface area contributed by atoms with Gasteiger partial charge in [-0.2, -0.15) is 0 Å². The van der Waals surface area contributed by atoms with Gasteiger partial charge in [-0.1, -0.05) is 11.6 Å². The van der Waals surface area contributed by atoms with Crippen LogP contribution in [0.15, 0.2) is 18.2 Å². The van der Waals surface area contributed by atoms with Crippen LogP contribution in [0.3, 0.4) is 0 Å². The molecule has 82 valence electrons. The van der Waals surface area contributed by atoms with E-state index >= 15 is 0 Å². The third-order valence-corrected chi connectivity index (χ3v) is 3.08. The van der Waals surface area contributed by atoms with Crippen LogP contribution in [0.2, 0.25) is 5.02 Å². The van der Waals surface area contributed by atoms with E-state index in [2.05, 4.69) is 11.8 Å². The highest BCUT2D eigenvalue weighted by Crippen LogP contribution is 2.34. The molecule has 1 N–H and O–H groups in total. The van der Waals surface area contributed by atoms with Crippen LogP contribution in [0, 0.1) is 0 Å². The number of aliphatic hydroxyl groups is 1. The topological polar surface area (TPSA) is 23.5 Å². The first-order valence-corrected chi connectivity index (χ1v) is 5.80. The van der Waals surface area contributed by atoms with E-state index in [1.165, 1.54) is 12.8 Å². The fourth-order valence-corrected chi connectivity index (χ4v) is 2.17. The van der Waals surface area contributed by atoms with Gasteiger partial charge >= 0.3 is 0 Å². The summed E-state index contributed by atoms with van der Waals surface area (Å²) in [5.41, 5.74) is 2.06. The number of halogens is 1. The minimum Gasteiger partial charge on any atom is -0.392 e. The first kappa shape index (κ1) is 10.8. The number of hydrogen-bond donors (Lipinski definition) is 1. The normalized spacial score (nSPS) is 15.4. The monoisotopic (exact) mass is 225 g/mol. The third-order valence-electron chi connectivity index (χ3n) is 2.85. The van der Waals surface area contributed by atoms with Crippen molar-refractivity contribution in [1.82, 2.24) is 0 Å². The van der Waals surface area contributed by atoms with Crippen LogP contribution in [0.25, 0.3) is 0 Å². The van der Waals surface area contributed by atoms with Crippen molar-refractivity contribution in [2.24, 2.45) is 0 Å². The van der Waals surface area contributed by atoms with E-state index in [9.17, 15) is 5.11 Å². The van der Waals surface area contributed by atoms with Crippen LogP contribution in [-0.4, -0.2) is 17.7 Å². The minimum absolute atomic E-state index is 0.0547. The summed E-state index contributed by atoms with van der Waals surface area (Å²) in [5.74, 6) is 0. The van der Waals surface area contributed by atoms with Gasteiger partial charge in [-0.3, -0.25) is 0 Å². The number of hydrogen-bond acceptors (Lipinski definition) is 2. The summed E-state index contributed by atoms with van der Waals surface area (Å²) in [7, 11) is 0. The van der Waals surface area contributed by atoms with Gasteiger partial charge in [0.05, 0.1) is 6.61 Å². The number of nitrogens with zero attached hydrogens (tertiary/aromatic N) is 1. The van der Waals surface area contributed by atoms with Gasteiger partial charge in [0.2, 0.25) is 0 Å². The molecule has 15 heavy (non-hydrogen) atoms. The highest BCUT2D eigenvalue weighted by Gasteiger charge is 2.29. The van der Waals surface area contributed by atoms with Crippen molar-refractivity contribution in [3.05, 3.63) is 28.8 Å². The van der Waals surface area contributed by atoms with Gasteiger partial charge in [-0.15, -0.1) is 0 Å². The Bertz CT molecular complexity index is 349. The van der Waals surface area contributed by atoms with Crippen molar-refractivity contribution in [3.8, 4) is 0 Å². The van der Waals surface area contributed by atoms with Crippen LogP contribution in [0.4, 0.5) is 5.69 Å². The summed E-state index contributed by atoms with van der Waals surface area (Å²) in [6, 6.07) is 6.42. The van der Waals surface area contributed by atoms with Crippen LogP contribution in [-0.2, 0) is 6.61 Å². The summed E-state index contributed by atoms with van der Waals surface area (Å²) in [6.07, 6.45) is 2.53. The molecule has 1 aliphatic rings. The summed E-state index contributed by atoms with van der Waals surface area (Å²) in [6.45, 7) is 3.19. The molecule has 1 saturated carbocycles. The molecule has 0 amide bonds. The zero-order valence-electron chi connectivity index (χ0n) is 8.91. The van der Waals surface area contributed by atoms with Crippen molar-refractivity contribution in [2.45, 2.75) is 32.4 Å². The van der Waals surface area contributed by atoms with E-state index in [0.717, 1.165) is 17.8 Å². The second-order valence-corrected chi connectivity index (χ2v) is 4.38. The molecule has 0 radical (unpaired) electrons. The molecule has 0 bridgehead atoms. The van der Waals surface area contributed by atoms with E-state index in [0.29, 0.717) is 11.1 Å². The molecule has 1 aliphatic carbocycles. The van der Waals surface area contributed by atoms with Gasteiger partial charge in [-0.05, 0) is 38.0 Å². The van der Waals surface area contributed by atoms with Crippen LogP contribution >= 0.6 is 11.6 Å². The van der Waals surface area contributed by atoms with Crippen molar-refractivity contribution in [1.29, 1.82) is 0 Å². The van der Waals surface area contributed by atoms with E-state index in [4.69, 9.17) is 11.6 Å². The molecule has 2 nitrogen and oxygen atoms in total. The lowest BCUT2D eigenvalue weighted by atomic mass is 10.1. The Kier molecular flexibility index (Phi) is 3.17. The van der Waals surface area contributed by atoms with Gasteiger partial charge in [0.25, 0.3) is 0 Å². The quantitative estimate of drug-likeness (QED) is 0.852. The minimum atomic E-state index is 0.0547. The molecule has 0 aliphatic heterocycles. The molecule has 0 spiro atoms. The smallest absolute Gasteiger partial charge is 0.0702 e. The van der Waals surface area contributed by atoms with E-state index in [1.54, 1.807) is 0 Å². The molecule has 0 aromatic heterocycles. The summed E-state index contributed by atoms with van der Waals surface area (Å²) in [5, 5.41) is 9.99. The lowest BCUT2D eigenvalue weighted by Crippen LogP contribution is -2.26. The summed E-state index contributed by atoms with van der Waals surface area (Å²) >= 11 is 5.91. The van der Waals surface area contributed by atoms with Gasteiger partial charge < -0.3 is 10.0 Å². The Morgan fingerprint density at radius 3 is 2.73 bits per heavy atom. The Balaban J connectivity index is 2.32. The molecule has 1 fully saturated rings. The van der Waals surface area contributed by atoms with E-state index in [1.807, 2.05) is 18.2 Å². The average molecular weight is 226 g/mol. The molecule has 0 unspecified atom stereocenters. The SMILES string of the molecule is CCN(c1ccc(Cl)cc1CO)C1CC1. The first-order valence-electron chi connectivity index (χ1n) is 5.42. The third kappa shape index (κ3) is 2.27. The molecular weight excluding hydrogens is 210 g/mol. The molecular formula is C12H16ClNO. The van der Waals surface area contributed by atoms with E-state index in [-0.39, 0.29) is 6.61 Å². The van der Waals surface area contributed by atoms with Crippen molar-refractivity contribution in [3.63, 3.8) is 0 Å². The van der Waals surface area contributed by atoms with Gasteiger partial charge in [0, 0.05) is 28.9 Å². The fourth-order valence-electron chi connectivity index (χ4n) is 1.97. The standard InChI is InChI=1S/C12H16ClNO/c1-2-14(11-4-5-11)12-6-3-10(13)7-9(12)8-15/h3,6-7,11,15H,2,4-5,8H2,1H3. The lowest BCUT2D eigenvalue weighted by Gasteiger charge is -2.25. The Morgan fingerprint density at radius 1 is 1.47 bits per heavy atom. The molecule has 0 heterocycles. The van der Waals surface area contributed by atoms with Crippen LogP contribution < -0.4 is 4.90 Å². The Labute approximate surface area is 95.5 Å². The Morgan fingerprint density at radius 2 is 2.20 bits per heavy atom. The average Bonchev–Trinajstić information content (AvgIpc) is 3.05. The summed E-state index contributed by atoms with van der Waals surface area (Å²) < 4.78 is 0. The maximum absolute atomic E-state index is 9.30. The van der Waals surface area contributed by atoms with Crippen molar-refractivity contribution >= 4 is 17.3 Å². The predicted molar refractivity (Wildman–Crippen MR) is 63.4 cm³/mol. The van der Waals surface area contributed by atoms with E-state index < -0.39 is 0 Å². The van der Waals surface area contributed by atoms with Crippen molar-refractivity contribution in [2.75, 3.05) is 11.4 Å². The zero-order valence-corrected chi connectivity index (χ0v) is 9.67. The number of anilines is 1. The van der Waals surface area contributed by atoms with Gasteiger partial charge in [0.1, 0.15) is 0 Å². The highest BCUT2D eigenvalue weighted by molar-refractivity contribution is 6.30. The number of aliphatic hydroxyl groups excluding tert-OH is 1. The molecule has 0 atom stereocenters. The second-order valence-electron chi connectivity index (χ2n) is 3.95. The summed E-state index contributed by atoms with van der Waals surface area (Å²) in [4.78, 5) is 2.35. The zero-order chi connectivity index (χ0) is 10.8. The van der Waals surface area contributed by atoms with Crippen LogP contribution in [0.1, 0.15) is 25.3 Å².